The first kappa shape index (κ1) is 14.1. The van der Waals surface area contributed by atoms with Crippen molar-refractivity contribution in [1.29, 1.82) is 0 Å². The summed E-state index contributed by atoms with van der Waals surface area (Å²) >= 11 is 0. The quantitative estimate of drug-likeness (QED) is 0.828. The third kappa shape index (κ3) is 2.93. The van der Waals surface area contributed by atoms with Crippen LogP contribution >= 0.6 is 0 Å². The molecule has 112 valence electrons. The van der Waals surface area contributed by atoms with Gasteiger partial charge in [-0.3, -0.25) is 0 Å². The number of aromatic nitrogens is 2. The minimum absolute atomic E-state index is 0.722. The topological polar surface area (TPSA) is 29.9 Å². The molecule has 3 heteroatoms. The number of nitrogens with zero attached hydrogens (tertiary/aromatic N) is 2. The maximum absolute atomic E-state index is 4.47. The van der Waals surface area contributed by atoms with Crippen LogP contribution in [0.25, 0.3) is 0 Å². The number of hydrogen-bond acceptors (Lipinski definition) is 2. The lowest BCUT2D eigenvalue weighted by Crippen LogP contribution is -2.33. The highest BCUT2D eigenvalue weighted by Gasteiger charge is 2.53. The van der Waals surface area contributed by atoms with Crippen LogP contribution in [0, 0.1) is 17.8 Å². The molecule has 2 fully saturated rings. The molecule has 0 saturated heterocycles. The molecule has 2 aliphatic rings. The van der Waals surface area contributed by atoms with Gasteiger partial charge in [0.05, 0.1) is 0 Å². The molecule has 3 unspecified atom stereocenters. The van der Waals surface area contributed by atoms with Gasteiger partial charge in [0, 0.05) is 31.9 Å². The van der Waals surface area contributed by atoms with E-state index in [0.29, 0.717) is 0 Å². The molecule has 2 saturated carbocycles. The smallest absolute Gasteiger partial charge is 0.108 e. The zero-order valence-electron chi connectivity index (χ0n) is 13.0. The van der Waals surface area contributed by atoms with Crippen LogP contribution in [-0.4, -0.2) is 22.1 Å². The van der Waals surface area contributed by atoms with Crippen molar-refractivity contribution in [1.82, 2.24) is 14.9 Å². The van der Waals surface area contributed by atoms with Gasteiger partial charge in [0.2, 0.25) is 0 Å². The third-order valence-corrected chi connectivity index (χ3v) is 5.44. The third-order valence-electron chi connectivity index (χ3n) is 5.44. The van der Waals surface area contributed by atoms with Gasteiger partial charge in [0.25, 0.3) is 0 Å². The largest absolute Gasteiger partial charge is 0.338 e. The van der Waals surface area contributed by atoms with Crippen LogP contribution in [0.3, 0.4) is 0 Å². The summed E-state index contributed by atoms with van der Waals surface area (Å²) in [4.78, 5) is 4.47. The van der Waals surface area contributed by atoms with E-state index in [1.807, 2.05) is 6.20 Å². The van der Waals surface area contributed by atoms with Crippen LogP contribution in [0.4, 0.5) is 0 Å². The number of aryl methyl sites for hydroxylation is 2. The van der Waals surface area contributed by atoms with E-state index in [4.69, 9.17) is 0 Å². The minimum atomic E-state index is 0.722. The van der Waals surface area contributed by atoms with Crippen molar-refractivity contribution >= 4 is 0 Å². The van der Waals surface area contributed by atoms with Crippen molar-refractivity contribution < 1.29 is 0 Å². The number of imidazole rings is 1. The molecule has 0 bridgehead atoms. The Morgan fingerprint density at radius 1 is 1.35 bits per heavy atom. The molecule has 3 nitrogen and oxygen atoms in total. The van der Waals surface area contributed by atoms with Crippen LogP contribution in [0.15, 0.2) is 12.4 Å². The fourth-order valence-electron chi connectivity index (χ4n) is 4.33. The molecule has 2 aliphatic carbocycles. The minimum Gasteiger partial charge on any atom is -0.338 e. The van der Waals surface area contributed by atoms with E-state index in [9.17, 15) is 0 Å². The zero-order valence-corrected chi connectivity index (χ0v) is 13.0. The fraction of sp³-hybridized carbons (Fsp3) is 0.824. The van der Waals surface area contributed by atoms with Gasteiger partial charge in [0.15, 0.2) is 0 Å². The summed E-state index contributed by atoms with van der Waals surface area (Å²) in [5.41, 5.74) is 0. The molecule has 0 aromatic carbocycles. The van der Waals surface area contributed by atoms with Gasteiger partial charge in [-0.05, 0) is 50.0 Å². The average molecular weight is 275 g/mol. The first-order chi connectivity index (χ1) is 9.81. The lowest BCUT2D eigenvalue weighted by Gasteiger charge is -2.19. The van der Waals surface area contributed by atoms with E-state index in [0.717, 1.165) is 30.2 Å². The first-order valence-corrected chi connectivity index (χ1v) is 8.51. The van der Waals surface area contributed by atoms with E-state index in [2.05, 4.69) is 35.0 Å². The Balaban J connectivity index is 1.57. The second-order valence-corrected chi connectivity index (χ2v) is 6.74. The van der Waals surface area contributed by atoms with E-state index in [-0.39, 0.29) is 0 Å². The second-order valence-electron chi connectivity index (χ2n) is 6.74. The number of hydrogen-bond donors (Lipinski definition) is 1. The summed E-state index contributed by atoms with van der Waals surface area (Å²) in [6.07, 6.45) is 13.5. The maximum atomic E-state index is 4.47. The highest BCUT2D eigenvalue weighted by atomic mass is 15.0. The molecule has 1 N–H and O–H groups in total. The van der Waals surface area contributed by atoms with Crippen molar-refractivity contribution in [2.45, 2.75) is 57.9 Å². The van der Waals surface area contributed by atoms with Crippen LogP contribution < -0.4 is 5.32 Å². The van der Waals surface area contributed by atoms with Gasteiger partial charge in [-0.1, -0.05) is 19.8 Å². The Morgan fingerprint density at radius 3 is 2.70 bits per heavy atom. The Bertz CT molecular complexity index is 414. The highest BCUT2D eigenvalue weighted by Crippen LogP contribution is 2.57. The zero-order chi connectivity index (χ0) is 13.9. The van der Waals surface area contributed by atoms with Crippen molar-refractivity contribution in [2.24, 2.45) is 24.8 Å². The lowest BCUT2D eigenvalue weighted by molar-refractivity contribution is 0.402. The summed E-state index contributed by atoms with van der Waals surface area (Å²) in [5, 5.41) is 3.83. The molecule has 0 amide bonds. The van der Waals surface area contributed by atoms with Crippen molar-refractivity contribution in [3.63, 3.8) is 0 Å². The molecule has 1 heterocycles. The fourth-order valence-corrected chi connectivity index (χ4v) is 4.33. The van der Waals surface area contributed by atoms with Crippen molar-refractivity contribution in [2.75, 3.05) is 6.54 Å². The standard InChI is InChI=1S/C17H29N3/c1-3-10-18-15(8-9-16-19-11-12-20(16)2)17-13-6-4-5-7-14(13)17/h11-15,17-18H,3-10H2,1-2H3. The Hall–Kier alpha value is -0.830. The first-order valence-electron chi connectivity index (χ1n) is 8.51. The number of rotatable bonds is 7. The van der Waals surface area contributed by atoms with Crippen LogP contribution in [0.2, 0.25) is 0 Å². The second kappa shape index (κ2) is 6.30. The summed E-state index contributed by atoms with van der Waals surface area (Å²) in [7, 11) is 2.10. The predicted molar refractivity (Wildman–Crippen MR) is 82.5 cm³/mol. The van der Waals surface area contributed by atoms with Gasteiger partial charge >= 0.3 is 0 Å². The summed E-state index contributed by atoms with van der Waals surface area (Å²) in [6, 6.07) is 0.722. The molecule has 3 rings (SSSR count). The van der Waals surface area contributed by atoms with Crippen LogP contribution in [-0.2, 0) is 13.5 Å². The molecule has 20 heavy (non-hydrogen) atoms. The van der Waals surface area contributed by atoms with Gasteiger partial charge in [-0.15, -0.1) is 0 Å². The Kier molecular flexibility index (Phi) is 4.45. The van der Waals surface area contributed by atoms with Gasteiger partial charge in [-0.2, -0.15) is 0 Å². The van der Waals surface area contributed by atoms with E-state index in [1.165, 1.54) is 50.9 Å². The number of fused-ring (bicyclic) bond motifs is 1. The summed E-state index contributed by atoms with van der Waals surface area (Å²) in [5.74, 6) is 4.28. The molecule has 0 spiro atoms. The molecular weight excluding hydrogens is 246 g/mol. The molecule has 1 aromatic heterocycles. The van der Waals surface area contributed by atoms with E-state index < -0.39 is 0 Å². The Labute approximate surface area is 123 Å². The summed E-state index contributed by atoms with van der Waals surface area (Å²) in [6.45, 7) is 3.43. The SMILES string of the molecule is CCCNC(CCc1nccn1C)C1C2CCCCC21. The van der Waals surface area contributed by atoms with Crippen LogP contribution in [0.5, 0.6) is 0 Å². The predicted octanol–water partition coefficient (Wildman–Crippen LogP) is 3.16. The monoisotopic (exact) mass is 275 g/mol. The average Bonchev–Trinajstić information content (AvgIpc) is 3.05. The maximum Gasteiger partial charge on any atom is 0.108 e. The molecule has 3 atom stereocenters. The van der Waals surface area contributed by atoms with Gasteiger partial charge < -0.3 is 9.88 Å². The lowest BCUT2D eigenvalue weighted by atomic mass is 10.0. The molecule has 1 aromatic rings. The summed E-state index contributed by atoms with van der Waals surface area (Å²) < 4.78 is 2.16. The van der Waals surface area contributed by atoms with Gasteiger partial charge in [-0.25, -0.2) is 4.98 Å². The Morgan fingerprint density at radius 2 is 2.10 bits per heavy atom. The van der Waals surface area contributed by atoms with E-state index in [1.54, 1.807) is 0 Å². The number of nitrogens with one attached hydrogen (secondary N) is 1. The van der Waals surface area contributed by atoms with Gasteiger partial charge in [0.1, 0.15) is 5.82 Å². The normalized spacial score (nSPS) is 30.0. The van der Waals surface area contributed by atoms with Crippen molar-refractivity contribution in [3.8, 4) is 0 Å². The van der Waals surface area contributed by atoms with E-state index >= 15 is 0 Å². The molecule has 0 radical (unpaired) electrons. The highest BCUT2D eigenvalue weighted by molar-refractivity contribution is 5.05. The molecular formula is C17H29N3. The van der Waals surface area contributed by atoms with Crippen molar-refractivity contribution in [3.05, 3.63) is 18.2 Å². The molecule has 0 aliphatic heterocycles. The van der Waals surface area contributed by atoms with Crippen LogP contribution in [0.1, 0.15) is 51.3 Å².